The van der Waals surface area contributed by atoms with E-state index >= 15 is 0 Å². The molecule has 1 aromatic carbocycles. The van der Waals surface area contributed by atoms with Gasteiger partial charge in [0.15, 0.2) is 11.6 Å². The smallest absolute Gasteiger partial charge is 0.165 e. The van der Waals surface area contributed by atoms with Gasteiger partial charge in [0.25, 0.3) is 0 Å². The Balaban J connectivity index is 1.64. The lowest BCUT2D eigenvalue weighted by Gasteiger charge is -2.12. The van der Waals surface area contributed by atoms with E-state index < -0.39 is 0 Å². The summed E-state index contributed by atoms with van der Waals surface area (Å²) >= 11 is 0. The molecule has 0 aromatic heterocycles. The molecule has 18 heavy (non-hydrogen) atoms. The van der Waals surface area contributed by atoms with Crippen molar-refractivity contribution in [3.05, 3.63) is 29.6 Å². The van der Waals surface area contributed by atoms with Crippen molar-refractivity contribution in [3.63, 3.8) is 0 Å². The molecule has 0 radical (unpaired) electrons. The van der Waals surface area contributed by atoms with Gasteiger partial charge in [0, 0.05) is 6.04 Å². The largest absolute Gasteiger partial charge is 0.490 e. The second-order valence-corrected chi connectivity index (χ2v) is 5.07. The summed E-state index contributed by atoms with van der Waals surface area (Å²) in [4.78, 5) is 0. The molecular weight excluding hydrogens is 229 g/mol. The lowest BCUT2D eigenvalue weighted by Crippen LogP contribution is -2.27. The first-order chi connectivity index (χ1) is 8.75. The van der Waals surface area contributed by atoms with E-state index in [0.29, 0.717) is 18.4 Å². The minimum absolute atomic E-state index is 0.274. The molecule has 1 N–H and O–H groups in total. The normalized spacial score (nSPS) is 16.1. The molecule has 3 heteroatoms. The molecule has 0 atom stereocenters. The Kier molecular flexibility index (Phi) is 5.00. The highest BCUT2D eigenvalue weighted by Gasteiger charge is 2.13. The van der Waals surface area contributed by atoms with Gasteiger partial charge in [0.1, 0.15) is 0 Å². The first-order valence-electron chi connectivity index (χ1n) is 6.88. The first kappa shape index (κ1) is 13.3. The predicted molar refractivity (Wildman–Crippen MR) is 71.5 cm³/mol. The van der Waals surface area contributed by atoms with Crippen LogP contribution < -0.4 is 10.1 Å². The third kappa shape index (κ3) is 3.98. The second kappa shape index (κ2) is 6.74. The number of hydrogen-bond donors (Lipinski definition) is 1. The van der Waals surface area contributed by atoms with Crippen molar-refractivity contribution in [1.29, 1.82) is 0 Å². The van der Waals surface area contributed by atoms with E-state index in [4.69, 9.17) is 4.74 Å². The van der Waals surface area contributed by atoms with Gasteiger partial charge >= 0.3 is 0 Å². The molecule has 2 nitrogen and oxygen atoms in total. The highest BCUT2D eigenvalue weighted by Crippen LogP contribution is 2.19. The number of nitrogens with one attached hydrogen (secondary N) is 1. The van der Waals surface area contributed by atoms with Crippen molar-refractivity contribution < 1.29 is 9.13 Å². The summed E-state index contributed by atoms with van der Waals surface area (Å²) in [5.41, 5.74) is 1.02. The van der Waals surface area contributed by atoms with E-state index in [2.05, 4.69) is 5.32 Å². The average Bonchev–Trinajstić information content (AvgIpc) is 2.86. The molecule has 0 saturated heterocycles. The maximum Gasteiger partial charge on any atom is 0.165 e. The molecule has 1 saturated carbocycles. The fourth-order valence-electron chi connectivity index (χ4n) is 2.41. The fourth-order valence-corrected chi connectivity index (χ4v) is 2.41. The van der Waals surface area contributed by atoms with Gasteiger partial charge in [-0.05, 0) is 50.4 Å². The van der Waals surface area contributed by atoms with Crippen LogP contribution >= 0.6 is 0 Å². The van der Waals surface area contributed by atoms with Gasteiger partial charge in [-0.15, -0.1) is 0 Å². The Labute approximate surface area is 109 Å². The van der Waals surface area contributed by atoms with Crippen LogP contribution in [0.25, 0.3) is 0 Å². The van der Waals surface area contributed by atoms with Gasteiger partial charge in [0.2, 0.25) is 0 Å². The van der Waals surface area contributed by atoms with Gasteiger partial charge in [0.05, 0.1) is 6.61 Å². The molecule has 0 spiro atoms. The Morgan fingerprint density at radius 2 is 2.11 bits per heavy atom. The number of aryl methyl sites for hydroxylation is 1. The van der Waals surface area contributed by atoms with Gasteiger partial charge in [-0.25, -0.2) is 4.39 Å². The first-order valence-corrected chi connectivity index (χ1v) is 6.88. The van der Waals surface area contributed by atoms with Crippen LogP contribution in [0.4, 0.5) is 4.39 Å². The van der Waals surface area contributed by atoms with E-state index in [-0.39, 0.29) is 5.82 Å². The Hall–Kier alpha value is -1.09. The van der Waals surface area contributed by atoms with Crippen molar-refractivity contribution in [2.75, 3.05) is 13.2 Å². The molecule has 1 aromatic rings. The molecule has 0 unspecified atom stereocenters. The Morgan fingerprint density at radius 3 is 2.89 bits per heavy atom. The lowest BCUT2D eigenvalue weighted by molar-refractivity contribution is 0.290. The number of rotatable bonds is 6. The van der Waals surface area contributed by atoms with Crippen LogP contribution in [-0.2, 0) is 0 Å². The van der Waals surface area contributed by atoms with Crippen molar-refractivity contribution in [3.8, 4) is 5.75 Å². The minimum Gasteiger partial charge on any atom is -0.490 e. The summed E-state index contributed by atoms with van der Waals surface area (Å²) in [6.45, 7) is 3.46. The van der Waals surface area contributed by atoms with Crippen molar-refractivity contribution in [2.45, 2.75) is 45.1 Å². The van der Waals surface area contributed by atoms with Crippen molar-refractivity contribution in [2.24, 2.45) is 0 Å². The van der Waals surface area contributed by atoms with Gasteiger partial charge in [-0.2, -0.15) is 0 Å². The number of ether oxygens (including phenoxy) is 1. The predicted octanol–water partition coefficient (Wildman–Crippen LogP) is 3.44. The van der Waals surface area contributed by atoms with Gasteiger partial charge in [-0.3, -0.25) is 0 Å². The second-order valence-electron chi connectivity index (χ2n) is 5.07. The molecule has 0 bridgehead atoms. The maximum absolute atomic E-state index is 13.4. The molecule has 1 aliphatic rings. The summed E-state index contributed by atoms with van der Waals surface area (Å²) in [5, 5.41) is 3.52. The average molecular weight is 251 g/mol. The van der Waals surface area contributed by atoms with Crippen LogP contribution in [-0.4, -0.2) is 19.2 Å². The van der Waals surface area contributed by atoms with Crippen LogP contribution in [0.15, 0.2) is 18.2 Å². The Morgan fingerprint density at radius 1 is 1.33 bits per heavy atom. The SMILES string of the molecule is Cc1ccc(F)c(OCCCNC2CCCC2)c1. The monoisotopic (exact) mass is 251 g/mol. The minimum atomic E-state index is -0.274. The van der Waals surface area contributed by atoms with E-state index in [0.717, 1.165) is 18.5 Å². The summed E-state index contributed by atoms with van der Waals surface area (Å²) in [5.74, 6) is 0.0974. The molecule has 0 heterocycles. The maximum atomic E-state index is 13.4. The molecule has 1 fully saturated rings. The molecule has 0 amide bonds. The topological polar surface area (TPSA) is 21.3 Å². The number of benzene rings is 1. The number of halogens is 1. The van der Waals surface area contributed by atoms with E-state index in [1.807, 2.05) is 6.92 Å². The quantitative estimate of drug-likeness (QED) is 0.782. The molecule has 1 aliphatic carbocycles. The summed E-state index contributed by atoms with van der Waals surface area (Å²) in [6.07, 6.45) is 6.22. The highest BCUT2D eigenvalue weighted by molar-refractivity contribution is 5.29. The van der Waals surface area contributed by atoms with Crippen LogP contribution in [0.1, 0.15) is 37.7 Å². The summed E-state index contributed by atoms with van der Waals surface area (Å²) in [6, 6.07) is 5.66. The van der Waals surface area contributed by atoms with E-state index in [9.17, 15) is 4.39 Å². The molecule has 2 rings (SSSR count). The third-order valence-electron chi connectivity index (χ3n) is 3.45. The molecule has 100 valence electrons. The number of hydrogen-bond acceptors (Lipinski definition) is 2. The zero-order valence-corrected chi connectivity index (χ0v) is 11.0. The lowest BCUT2D eigenvalue weighted by atomic mass is 10.2. The summed E-state index contributed by atoms with van der Waals surface area (Å²) < 4.78 is 18.9. The standard InChI is InChI=1S/C15H22FNO/c1-12-7-8-14(16)15(11-12)18-10-4-9-17-13-5-2-3-6-13/h7-8,11,13,17H,2-6,9-10H2,1H3. The van der Waals surface area contributed by atoms with Gasteiger partial charge in [-0.1, -0.05) is 18.9 Å². The molecule has 0 aliphatic heterocycles. The van der Waals surface area contributed by atoms with Crippen LogP contribution in [0.3, 0.4) is 0 Å². The van der Waals surface area contributed by atoms with Gasteiger partial charge < -0.3 is 10.1 Å². The van der Waals surface area contributed by atoms with Crippen molar-refractivity contribution >= 4 is 0 Å². The fraction of sp³-hybridized carbons (Fsp3) is 0.600. The van der Waals surface area contributed by atoms with Crippen LogP contribution in [0, 0.1) is 12.7 Å². The Bertz CT molecular complexity index is 375. The van der Waals surface area contributed by atoms with E-state index in [1.165, 1.54) is 31.7 Å². The molecular formula is C15H22FNO. The van der Waals surface area contributed by atoms with Crippen LogP contribution in [0.2, 0.25) is 0 Å². The highest BCUT2D eigenvalue weighted by atomic mass is 19.1. The van der Waals surface area contributed by atoms with Crippen LogP contribution in [0.5, 0.6) is 5.75 Å². The third-order valence-corrected chi connectivity index (χ3v) is 3.45. The van der Waals surface area contributed by atoms with Crippen molar-refractivity contribution in [1.82, 2.24) is 5.32 Å². The zero-order chi connectivity index (χ0) is 12.8. The summed E-state index contributed by atoms with van der Waals surface area (Å²) in [7, 11) is 0. The zero-order valence-electron chi connectivity index (χ0n) is 11.0. The van der Waals surface area contributed by atoms with E-state index in [1.54, 1.807) is 12.1 Å².